The van der Waals surface area contributed by atoms with Gasteiger partial charge in [0.1, 0.15) is 12.2 Å². The molecule has 0 fully saturated rings. The third-order valence-corrected chi connectivity index (χ3v) is 3.49. The van der Waals surface area contributed by atoms with E-state index in [1.165, 1.54) is 15.2 Å². The summed E-state index contributed by atoms with van der Waals surface area (Å²) < 4.78 is 4.83. The fourth-order valence-corrected chi connectivity index (χ4v) is 2.14. The summed E-state index contributed by atoms with van der Waals surface area (Å²) in [5.41, 5.74) is 0.149. The molecule has 1 aromatic rings. The van der Waals surface area contributed by atoms with Gasteiger partial charge in [-0.1, -0.05) is 0 Å². The first-order valence-corrected chi connectivity index (χ1v) is 7.40. The van der Waals surface area contributed by atoms with Gasteiger partial charge in [-0.2, -0.15) is 0 Å². The van der Waals surface area contributed by atoms with Gasteiger partial charge in [0.2, 0.25) is 10.9 Å². The van der Waals surface area contributed by atoms with Gasteiger partial charge in [0, 0.05) is 26.0 Å². The van der Waals surface area contributed by atoms with Crippen LogP contribution in [0.1, 0.15) is 34.1 Å². The molecule has 8 heteroatoms. The van der Waals surface area contributed by atoms with Crippen LogP contribution in [0.5, 0.6) is 0 Å². The van der Waals surface area contributed by atoms with E-state index >= 15 is 0 Å². The predicted octanol–water partition coefficient (Wildman–Crippen LogP) is 0.870. The van der Waals surface area contributed by atoms with Gasteiger partial charge in [0.15, 0.2) is 0 Å². The average molecular weight is 313 g/mol. The largest absolute Gasteiger partial charge is 0.461 e. The Balaban J connectivity index is 2.81. The second-order valence-electron chi connectivity index (χ2n) is 4.37. The second kappa shape index (κ2) is 7.72. The van der Waals surface area contributed by atoms with E-state index in [4.69, 9.17) is 4.74 Å². The van der Waals surface area contributed by atoms with Gasteiger partial charge in [0.05, 0.1) is 6.61 Å². The van der Waals surface area contributed by atoms with Crippen LogP contribution in [0.2, 0.25) is 0 Å². The molecule has 1 rings (SSSR count). The topological polar surface area (TPSA) is 79.8 Å². The molecule has 0 unspecified atom stereocenters. The molecule has 1 heterocycles. The molecule has 0 radical (unpaired) electrons. The van der Waals surface area contributed by atoms with Crippen LogP contribution in [-0.4, -0.2) is 66.4 Å². The molecule has 0 N–H and O–H groups in total. The molecule has 0 bridgehead atoms. The maximum Gasteiger partial charge on any atom is 0.367 e. The van der Waals surface area contributed by atoms with Crippen molar-refractivity contribution in [1.82, 2.24) is 14.8 Å². The number of hydrogen-bond donors (Lipinski definition) is 0. The van der Waals surface area contributed by atoms with E-state index < -0.39 is 5.97 Å². The van der Waals surface area contributed by atoms with Crippen molar-refractivity contribution in [2.24, 2.45) is 0 Å². The number of ether oxygens (including phenoxy) is 1. The summed E-state index contributed by atoms with van der Waals surface area (Å²) in [5, 5.41) is 1.63. The summed E-state index contributed by atoms with van der Waals surface area (Å²) in [6, 6.07) is 0. The maximum absolute atomic E-state index is 12.3. The van der Waals surface area contributed by atoms with Crippen molar-refractivity contribution >= 4 is 29.1 Å². The van der Waals surface area contributed by atoms with Crippen molar-refractivity contribution in [3.05, 3.63) is 16.1 Å². The SMILES string of the molecule is CCOC(=O)c1nc(C(=O)N(CC)CC(=O)N(C)C)cs1. The maximum atomic E-state index is 12.3. The number of thiazole rings is 1. The van der Waals surface area contributed by atoms with Gasteiger partial charge < -0.3 is 14.5 Å². The zero-order chi connectivity index (χ0) is 16.0. The number of amides is 2. The van der Waals surface area contributed by atoms with Crippen LogP contribution >= 0.6 is 11.3 Å². The Bertz CT molecular complexity index is 527. The van der Waals surface area contributed by atoms with E-state index in [-0.39, 0.29) is 35.7 Å². The lowest BCUT2D eigenvalue weighted by Crippen LogP contribution is -2.40. The highest BCUT2D eigenvalue weighted by Gasteiger charge is 2.22. The predicted molar refractivity (Wildman–Crippen MR) is 78.3 cm³/mol. The minimum atomic E-state index is -0.547. The average Bonchev–Trinajstić information content (AvgIpc) is 2.93. The van der Waals surface area contributed by atoms with Crippen molar-refractivity contribution in [2.45, 2.75) is 13.8 Å². The Hall–Kier alpha value is -1.96. The lowest BCUT2D eigenvalue weighted by atomic mass is 10.3. The molecule has 0 aliphatic heterocycles. The molecule has 7 nitrogen and oxygen atoms in total. The monoisotopic (exact) mass is 313 g/mol. The number of carbonyl (C=O) groups is 3. The molecular weight excluding hydrogens is 294 g/mol. The Kier molecular flexibility index (Phi) is 6.29. The smallest absolute Gasteiger partial charge is 0.367 e. The van der Waals surface area contributed by atoms with Gasteiger partial charge in [-0.25, -0.2) is 9.78 Å². The Morgan fingerprint density at radius 2 is 1.95 bits per heavy atom. The molecule has 116 valence electrons. The van der Waals surface area contributed by atoms with Crippen molar-refractivity contribution in [3.63, 3.8) is 0 Å². The van der Waals surface area contributed by atoms with Gasteiger partial charge in [-0.05, 0) is 13.8 Å². The molecule has 21 heavy (non-hydrogen) atoms. The molecule has 0 atom stereocenters. The number of hydrogen-bond acceptors (Lipinski definition) is 6. The molecule has 2 amide bonds. The van der Waals surface area contributed by atoms with Gasteiger partial charge in [-0.3, -0.25) is 9.59 Å². The lowest BCUT2D eigenvalue weighted by Gasteiger charge is -2.21. The first-order chi connectivity index (χ1) is 9.90. The van der Waals surface area contributed by atoms with Crippen LogP contribution in [0.4, 0.5) is 0 Å². The Morgan fingerprint density at radius 3 is 2.48 bits per heavy atom. The van der Waals surface area contributed by atoms with Gasteiger partial charge in [-0.15, -0.1) is 11.3 Å². The van der Waals surface area contributed by atoms with Crippen LogP contribution in [0, 0.1) is 0 Å². The normalized spacial score (nSPS) is 10.1. The van der Waals surface area contributed by atoms with Gasteiger partial charge >= 0.3 is 5.97 Å². The zero-order valence-electron chi connectivity index (χ0n) is 12.6. The third-order valence-electron chi connectivity index (χ3n) is 2.67. The summed E-state index contributed by atoms with van der Waals surface area (Å²) in [4.78, 5) is 42.3. The first-order valence-electron chi connectivity index (χ1n) is 6.52. The summed E-state index contributed by atoms with van der Waals surface area (Å²) >= 11 is 1.05. The van der Waals surface area contributed by atoms with Gasteiger partial charge in [0.25, 0.3) is 5.91 Å². The summed E-state index contributed by atoms with van der Waals surface area (Å²) in [6.07, 6.45) is 0. The highest BCUT2D eigenvalue weighted by molar-refractivity contribution is 7.11. The third kappa shape index (κ3) is 4.52. The fraction of sp³-hybridized carbons (Fsp3) is 0.538. The van der Waals surface area contributed by atoms with Crippen molar-refractivity contribution in [1.29, 1.82) is 0 Å². The first kappa shape index (κ1) is 17.1. The highest BCUT2D eigenvalue weighted by Crippen LogP contribution is 2.13. The summed E-state index contributed by atoms with van der Waals surface area (Å²) in [5.74, 6) is -1.10. The number of nitrogens with zero attached hydrogens (tertiary/aromatic N) is 3. The van der Waals surface area contributed by atoms with E-state index in [9.17, 15) is 14.4 Å². The number of likely N-dealkylation sites (N-methyl/N-ethyl adjacent to an activating group) is 2. The van der Waals surface area contributed by atoms with Crippen LogP contribution in [0.25, 0.3) is 0 Å². The van der Waals surface area contributed by atoms with E-state index in [0.29, 0.717) is 6.54 Å². The minimum absolute atomic E-state index is 0.0192. The highest BCUT2D eigenvalue weighted by atomic mass is 32.1. The minimum Gasteiger partial charge on any atom is -0.461 e. The molecule has 0 aromatic carbocycles. The summed E-state index contributed by atoms with van der Waals surface area (Å²) in [7, 11) is 3.25. The molecule has 0 aliphatic rings. The van der Waals surface area contributed by atoms with Crippen LogP contribution < -0.4 is 0 Å². The van der Waals surface area contributed by atoms with Crippen LogP contribution in [-0.2, 0) is 9.53 Å². The number of carbonyl (C=O) groups excluding carboxylic acids is 3. The second-order valence-corrected chi connectivity index (χ2v) is 5.22. The van der Waals surface area contributed by atoms with E-state index in [0.717, 1.165) is 11.3 Å². The fourth-order valence-electron chi connectivity index (χ4n) is 1.45. The number of esters is 1. The molecule has 0 saturated carbocycles. The lowest BCUT2D eigenvalue weighted by molar-refractivity contribution is -0.129. The number of aromatic nitrogens is 1. The molecule has 0 spiro atoms. The van der Waals surface area contributed by atoms with E-state index in [1.807, 2.05) is 0 Å². The standard InChI is InChI=1S/C13H19N3O4S/c1-5-16(7-10(17)15(3)4)12(18)9-8-21-11(14-9)13(19)20-6-2/h8H,5-7H2,1-4H3. The van der Waals surface area contributed by atoms with Crippen molar-refractivity contribution < 1.29 is 19.1 Å². The van der Waals surface area contributed by atoms with Crippen LogP contribution in [0.15, 0.2) is 5.38 Å². The quantitative estimate of drug-likeness (QED) is 0.728. The number of rotatable bonds is 6. The van der Waals surface area contributed by atoms with Crippen LogP contribution in [0.3, 0.4) is 0 Å². The molecule has 0 saturated heterocycles. The summed E-state index contributed by atoms with van der Waals surface area (Å²) in [6.45, 7) is 4.09. The van der Waals surface area contributed by atoms with E-state index in [2.05, 4.69) is 4.98 Å². The van der Waals surface area contributed by atoms with Crippen molar-refractivity contribution in [2.75, 3.05) is 33.8 Å². The van der Waals surface area contributed by atoms with E-state index in [1.54, 1.807) is 27.9 Å². The molecule has 1 aromatic heterocycles. The zero-order valence-corrected chi connectivity index (χ0v) is 13.4. The molecular formula is C13H19N3O4S. The Morgan fingerprint density at radius 1 is 1.29 bits per heavy atom. The van der Waals surface area contributed by atoms with Crippen molar-refractivity contribution in [3.8, 4) is 0 Å². The molecule has 0 aliphatic carbocycles. The Labute approximate surface area is 127 Å².